The average molecular weight is 286 g/mol. The molecular weight excluding hydrogens is 266 g/mol. The van der Waals surface area contributed by atoms with Crippen molar-refractivity contribution in [2.75, 3.05) is 18.4 Å². The van der Waals surface area contributed by atoms with Gasteiger partial charge in [-0.1, -0.05) is 0 Å². The van der Waals surface area contributed by atoms with E-state index in [0.717, 1.165) is 18.0 Å². The Morgan fingerprint density at radius 1 is 1.47 bits per heavy atom. The zero-order chi connectivity index (χ0) is 13.1. The van der Waals surface area contributed by atoms with Crippen molar-refractivity contribution in [2.45, 2.75) is 19.8 Å². The monoisotopic (exact) mass is 285 g/mol. The van der Waals surface area contributed by atoms with Gasteiger partial charge in [0.25, 0.3) is 5.56 Å². The Morgan fingerprint density at radius 2 is 2.16 bits per heavy atom. The number of hydrogen-bond acceptors (Lipinski definition) is 3. The summed E-state index contributed by atoms with van der Waals surface area (Å²) in [7, 11) is 1.67. The zero-order valence-corrected chi connectivity index (χ0v) is 12.0. The average Bonchev–Trinajstić information content (AvgIpc) is 3.10. The van der Waals surface area contributed by atoms with E-state index in [4.69, 9.17) is 0 Å². The van der Waals surface area contributed by atoms with Gasteiger partial charge in [0.1, 0.15) is 0 Å². The van der Waals surface area contributed by atoms with Crippen molar-refractivity contribution in [3.05, 3.63) is 28.2 Å². The van der Waals surface area contributed by atoms with Crippen LogP contribution in [0.1, 0.15) is 18.4 Å². The number of pyridine rings is 1. The number of aromatic nitrogens is 1. The summed E-state index contributed by atoms with van der Waals surface area (Å²) in [6, 6.07) is 1.52. The molecule has 1 heterocycles. The van der Waals surface area contributed by atoms with Crippen molar-refractivity contribution in [1.82, 2.24) is 9.88 Å². The Morgan fingerprint density at radius 3 is 2.79 bits per heavy atom. The molecule has 0 saturated heterocycles. The van der Waals surface area contributed by atoms with Crippen LogP contribution in [-0.2, 0) is 11.8 Å². The van der Waals surface area contributed by atoms with Crippen molar-refractivity contribution < 1.29 is 4.79 Å². The lowest BCUT2D eigenvalue weighted by Crippen LogP contribution is -2.30. The molecule has 2 N–H and O–H groups in total. The molecule has 0 aliphatic heterocycles. The number of carbonyl (C=O) groups is 1. The topological polar surface area (TPSA) is 63.1 Å². The Hall–Kier alpha value is -1.33. The quantitative estimate of drug-likeness (QED) is 0.850. The van der Waals surface area contributed by atoms with Crippen molar-refractivity contribution in [1.29, 1.82) is 0 Å². The number of rotatable bonds is 5. The first-order chi connectivity index (χ1) is 8.56. The molecule has 19 heavy (non-hydrogen) atoms. The van der Waals surface area contributed by atoms with Gasteiger partial charge in [0.2, 0.25) is 5.91 Å². The second-order valence-corrected chi connectivity index (χ2v) is 4.94. The molecule has 0 spiro atoms. The summed E-state index contributed by atoms with van der Waals surface area (Å²) in [6.45, 7) is 3.05. The SMILES string of the molecule is Cc1cc(=O)n(C)cc1NC(=O)CNCC1CC1.Cl. The van der Waals surface area contributed by atoms with Crippen LogP contribution in [0, 0.1) is 12.8 Å². The van der Waals surface area contributed by atoms with Crippen LogP contribution < -0.4 is 16.2 Å². The third-order valence-electron chi connectivity index (χ3n) is 3.12. The predicted molar refractivity (Wildman–Crippen MR) is 77.9 cm³/mol. The molecule has 2 rings (SSSR count). The van der Waals surface area contributed by atoms with Crippen LogP contribution >= 0.6 is 12.4 Å². The lowest BCUT2D eigenvalue weighted by molar-refractivity contribution is -0.115. The van der Waals surface area contributed by atoms with Crippen LogP contribution in [-0.4, -0.2) is 23.6 Å². The number of halogens is 1. The van der Waals surface area contributed by atoms with E-state index >= 15 is 0 Å². The van der Waals surface area contributed by atoms with Gasteiger partial charge in [-0.25, -0.2) is 0 Å². The summed E-state index contributed by atoms with van der Waals surface area (Å²) in [4.78, 5) is 23.1. The fraction of sp³-hybridized carbons (Fsp3) is 0.538. The highest BCUT2D eigenvalue weighted by molar-refractivity contribution is 5.92. The van der Waals surface area contributed by atoms with Gasteiger partial charge in [0.15, 0.2) is 0 Å². The molecule has 1 aliphatic rings. The lowest BCUT2D eigenvalue weighted by Gasteiger charge is -2.10. The van der Waals surface area contributed by atoms with Crippen LogP contribution in [0.15, 0.2) is 17.1 Å². The number of nitrogens with one attached hydrogen (secondary N) is 2. The highest BCUT2D eigenvalue weighted by atomic mass is 35.5. The molecule has 1 amide bonds. The number of amides is 1. The van der Waals surface area contributed by atoms with Crippen molar-refractivity contribution in [3.8, 4) is 0 Å². The van der Waals surface area contributed by atoms with E-state index in [-0.39, 0.29) is 23.9 Å². The van der Waals surface area contributed by atoms with Gasteiger partial charge in [-0.3, -0.25) is 9.59 Å². The minimum Gasteiger partial charge on any atom is -0.323 e. The number of carbonyl (C=O) groups excluding carboxylic acids is 1. The van der Waals surface area contributed by atoms with Crippen LogP contribution in [0.25, 0.3) is 0 Å². The van der Waals surface area contributed by atoms with Crippen molar-refractivity contribution in [3.63, 3.8) is 0 Å². The van der Waals surface area contributed by atoms with Crippen LogP contribution in [0.5, 0.6) is 0 Å². The highest BCUT2D eigenvalue weighted by Crippen LogP contribution is 2.27. The molecule has 1 saturated carbocycles. The first-order valence-electron chi connectivity index (χ1n) is 6.24. The lowest BCUT2D eigenvalue weighted by atomic mass is 10.2. The van der Waals surface area contributed by atoms with E-state index in [1.807, 2.05) is 6.92 Å². The third-order valence-corrected chi connectivity index (χ3v) is 3.12. The van der Waals surface area contributed by atoms with Crippen LogP contribution in [0.4, 0.5) is 5.69 Å². The number of hydrogen-bond donors (Lipinski definition) is 2. The molecule has 0 atom stereocenters. The highest BCUT2D eigenvalue weighted by Gasteiger charge is 2.20. The fourth-order valence-electron chi connectivity index (χ4n) is 1.76. The zero-order valence-electron chi connectivity index (χ0n) is 11.2. The van der Waals surface area contributed by atoms with Gasteiger partial charge in [-0.2, -0.15) is 0 Å². The molecule has 0 radical (unpaired) electrons. The standard InChI is InChI=1S/C13H19N3O2.ClH/c1-9-5-13(18)16(2)8-11(9)15-12(17)7-14-6-10-3-4-10;/h5,8,10,14H,3-4,6-7H2,1-2H3,(H,15,17);1H. The molecule has 106 valence electrons. The van der Waals surface area contributed by atoms with E-state index in [9.17, 15) is 9.59 Å². The van der Waals surface area contributed by atoms with Crippen LogP contribution in [0.2, 0.25) is 0 Å². The molecule has 1 aromatic heterocycles. The third kappa shape index (κ3) is 4.69. The van der Waals surface area contributed by atoms with E-state index in [1.54, 1.807) is 13.2 Å². The Kier molecular flexibility index (Phi) is 5.57. The summed E-state index contributed by atoms with van der Waals surface area (Å²) < 4.78 is 1.46. The Labute approximate surface area is 118 Å². The molecule has 6 heteroatoms. The molecule has 5 nitrogen and oxygen atoms in total. The largest absolute Gasteiger partial charge is 0.323 e. The first kappa shape index (κ1) is 15.7. The Balaban J connectivity index is 0.00000180. The summed E-state index contributed by atoms with van der Waals surface area (Å²) in [5.41, 5.74) is 1.40. The van der Waals surface area contributed by atoms with Gasteiger partial charge in [-0.15, -0.1) is 12.4 Å². The summed E-state index contributed by atoms with van der Waals surface area (Å²) in [5.74, 6) is 0.689. The second-order valence-electron chi connectivity index (χ2n) is 4.94. The van der Waals surface area contributed by atoms with Crippen LogP contribution in [0.3, 0.4) is 0 Å². The molecule has 1 fully saturated rings. The number of aryl methyl sites for hydroxylation is 2. The maximum absolute atomic E-state index is 11.7. The van der Waals surface area contributed by atoms with Gasteiger partial charge in [0.05, 0.1) is 12.2 Å². The van der Waals surface area contributed by atoms with E-state index in [0.29, 0.717) is 12.2 Å². The maximum Gasteiger partial charge on any atom is 0.250 e. The van der Waals surface area contributed by atoms with Gasteiger partial charge < -0.3 is 15.2 Å². The van der Waals surface area contributed by atoms with Gasteiger partial charge in [0, 0.05) is 19.3 Å². The second kappa shape index (κ2) is 6.73. The molecule has 0 unspecified atom stereocenters. The maximum atomic E-state index is 11.7. The summed E-state index contributed by atoms with van der Waals surface area (Å²) >= 11 is 0. The minimum atomic E-state index is -0.0719. The molecule has 1 aliphatic carbocycles. The summed E-state index contributed by atoms with van der Waals surface area (Å²) in [6.07, 6.45) is 4.19. The van der Waals surface area contributed by atoms with Gasteiger partial charge in [-0.05, 0) is 37.8 Å². The first-order valence-corrected chi connectivity index (χ1v) is 6.24. The molecule has 1 aromatic rings. The smallest absolute Gasteiger partial charge is 0.250 e. The van der Waals surface area contributed by atoms with E-state index in [1.165, 1.54) is 23.5 Å². The van der Waals surface area contributed by atoms with E-state index in [2.05, 4.69) is 10.6 Å². The summed E-state index contributed by atoms with van der Waals surface area (Å²) in [5, 5.41) is 5.94. The molecular formula is C13H20ClN3O2. The van der Waals surface area contributed by atoms with Crippen molar-refractivity contribution >= 4 is 24.0 Å². The number of anilines is 1. The van der Waals surface area contributed by atoms with Crippen molar-refractivity contribution in [2.24, 2.45) is 13.0 Å². The normalized spacial score (nSPS) is 13.8. The molecule has 0 bridgehead atoms. The van der Waals surface area contributed by atoms with E-state index < -0.39 is 0 Å². The Bertz CT molecular complexity index is 509. The fourth-order valence-corrected chi connectivity index (χ4v) is 1.76. The predicted octanol–water partition coefficient (Wildman–Crippen LogP) is 1.05. The van der Waals surface area contributed by atoms with Gasteiger partial charge >= 0.3 is 0 Å². The minimum absolute atomic E-state index is 0. The number of nitrogens with zero attached hydrogens (tertiary/aromatic N) is 1. The molecule has 0 aromatic carbocycles.